The van der Waals surface area contributed by atoms with Crippen LogP contribution in [0.15, 0.2) is 41.2 Å². The predicted octanol–water partition coefficient (Wildman–Crippen LogP) is 3.34. The van der Waals surface area contributed by atoms with Crippen LogP contribution in [0.2, 0.25) is 0 Å². The van der Waals surface area contributed by atoms with Crippen LogP contribution in [0, 0.1) is 0 Å². The van der Waals surface area contributed by atoms with Crippen LogP contribution in [0.5, 0.6) is 0 Å². The molecule has 0 saturated carbocycles. The molecular weight excluding hydrogens is 345 g/mol. The van der Waals surface area contributed by atoms with Crippen molar-refractivity contribution in [3.63, 3.8) is 0 Å². The summed E-state index contributed by atoms with van der Waals surface area (Å²) in [4.78, 5) is 19.6. The highest BCUT2D eigenvalue weighted by Gasteiger charge is 2.12. The molecule has 0 bridgehead atoms. The number of nitrogens with zero attached hydrogens (tertiary/aromatic N) is 2. The molecule has 0 spiro atoms. The van der Waals surface area contributed by atoms with Gasteiger partial charge in [0.1, 0.15) is 0 Å². The number of nitrogens with one attached hydrogen (secondary N) is 1. The van der Waals surface area contributed by atoms with E-state index in [1.165, 1.54) is 12.1 Å². The molecule has 0 amide bonds. The molecule has 1 saturated heterocycles. The van der Waals surface area contributed by atoms with Crippen molar-refractivity contribution in [3.05, 3.63) is 52.3 Å². The number of H-pyrrole nitrogens is 1. The minimum Gasteiger partial charge on any atom is -0.370 e. The van der Waals surface area contributed by atoms with Gasteiger partial charge in [0.05, 0.1) is 5.88 Å². The molecule has 24 heavy (non-hydrogen) atoms. The van der Waals surface area contributed by atoms with Crippen LogP contribution in [-0.4, -0.2) is 43.1 Å². The van der Waals surface area contributed by atoms with Crippen LogP contribution in [-0.2, 0) is 5.88 Å². The van der Waals surface area contributed by atoms with Crippen molar-refractivity contribution in [2.75, 3.05) is 38.1 Å². The Labute approximate surface area is 153 Å². The zero-order valence-electron chi connectivity index (χ0n) is 13.8. The largest absolute Gasteiger partial charge is 0.370 e. The van der Waals surface area contributed by atoms with Gasteiger partial charge in [0, 0.05) is 36.6 Å². The SMILES string of the molecule is CN1CCCN(c2ccc(-c3ccc(CCl)c(=O)[nH]3)cc2)CC1.Cl. The number of halogens is 2. The van der Waals surface area contributed by atoms with E-state index in [0.29, 0.717) is 5.56 Å². The number of aromatic amines is 1. The van der Waals surface area contributed by atoms with Gasteiger partial charge in [0.2, 0.25) is 0 Å². The van der Waals surface area contributed by atoms with Gasteiger partial charge in [0.25, 0.3) is 5.56 Å². The molecule has 2 aromatic rings. The Balaban J connectivity index is 0.00000208. The summed E-state index contributed by atoms with van der Waals surface area (Å²) in [6.07, 6.45) is 1.19. The van der Waals surface area contributed by atoms with Crippen molar-refractivity contribution in [1.29, 1.82) is 0 Å². The first kappa shape index (κ1) is 18.8. The van der Waals surface area contributed by atoms with E-state index in [0.717, 1.165) is 37.4 Å². The van der Waals surface area contributed by atoms with E-state index in [1.54, 1.807) is 6.07 Å². The molecular formula is C18H23Cl2N3O. The lowest BCUT2D eigenvalue weighted by molar-refractivity contribution is 0.360. The summed E-state index contributed by atoms with van der Waals surface area (Å²) in [6.45, 7) is 4.39. The molecule has 3 rings (SSSR count). The van der Waals surface area contributed by atoms with Gasteiger partial charge < -0.3 is 14.8 Å². The number of hydrogen-bond donors (Lipinski definition) is 1. The van der Waals surface area contributed by atoms with Gasteiger partial charge in [-0.2, -0.15) is 0 Å². The molecule has 2 heterocycles. The molecule has 6 heteroatoms. The minimum absolute atomic E-state index is 0. The van der Waals surface area contributed by atoms with E-state index >= 15 is 0 Å². The Morgan fingerprint density at radius 2 is 1.79 bits per heavy atom. The standard InChI is InChI=1S/C18H22ClN3O.ClH/c1-21-9-2-10-22(12-11-21)16-6-3-14(4-7-16)17-8-5-15(13-19)18(23)20-17;/h3-8H,2,9-13H2,1H3,(H,20,23);1H. The number of rotatable bonds is 3. The second kappa shape index (κ2) is 8.56. The second-order valence-corrected chi connectivity index (χ2v) is 6.32. The molecule has 130 valence electrons. The molecule has 0 atom stereocenters. The van der Waals surface area contributed by atoms with Crippen LogP contribution >= 0.6 is 24.0 Å². The maximum absolute atomic E-state index is 11.9. The number of alkyl halides is 1. The average molecular weight is 368 g/mol. The van der Waals surface area contributed by atoms with E-state index in [2.05, 4.69) is 46.1 Å². The first-order valence-electron chi connectivity index (χ1n) is 7.99. The van der Waals surface area contributed by atoms with Gasteiger partial charge in [-0.25, -0.2) is 0 Å². The van der Waals surface area contributed by atoms with Crippen molar-refractivity contribution >= 4 is 29.7 Å². The van der Waals surface area contributed by atoms with E-state index in [4.69, 9.17) is 11.6 Å². The Hall–Kier alpha value is -1.49. The summed E-state index contributed by atoms with van der Waals surface area (Å²) in [7, 11) is 2.17. The van der Waals surface area contributed by atoms with Crippen LogP contribution < -0.4 is 10.5 Å². The molecule has 1 aliphatic rings. The Bertz CT molecular complexity index is 715. The second-order valence-electron chi connectivity index (χ2n) is 6.05. The minimum atomic E-state index is -0.114. The van der Waals surface area contributed by atoms with E-state index in [1.807, 2.05) is 6.07 Å². The van der Waals surface area contributed by atoms with Crippen molar-refractivity contribution < 1.29 is 0 Å². The van der Waals surface area contributed by atoms with Gasteiger partial charge >= 0.3 is 0 Å². The monoisotopic (exact) mass is 367 g/mol. The molecule has 0 aliphatic carbocycles. The van der Waals surface area contributed by atoms with Gasteiger partial charge in [-0.1, -0.05) is 18.2 Å². The molecule has 1 fully saturated rings. The third-order valence-corrected chi connectivity index (χ3v) is 4.69. The number of aromatic nitrogens is 1. The Morgan fingerprint density at radius 1 is 1.04 bits per heavy atom. The maximum Gasteiger partial charge on any atom is 0.252 e. The normalized spacial score (nSPS) is 15.7. The first-order valence-corrected chi connectivity index (χ1v) is 8.53. The summed E-state index contributed by atoms with van der Waals surface area (Å²) >= 11 is 5.73. The van der Waals surface area contributed by atoms with Crippen molar-refractivity contribution in [2.24, 2.45) is 0 Å². The molecule has 0 radical (unpaired) electrons. The summed E-state index contributed by atoms with van der Waals surface area (Å²) in [5, 5.41) is 0. The summed E-state index contributed by atoms with van der Waals surface area (Å²) in [5.74, 6) is 0.234. The van der Waals surface area contributed by atoms with Crippen LogP contribution in [0.4, 0.5) is 5.69 Å². The van der Waals surface area contributed by atoms with Crippen molar-refractivity contribution in [3.8, 4) is 11.3 Å². The molecule has 0 unspecified atom stereocenters. The fourth-order valence-corrected chi connectivity index (χ4v) is 3.14. The Morgan fingerprint density at radius 3 is 2.46 bits per heavy atom. The van der Waals surface area contributed by atoms with Gasteiger partial charge in [-0.15, -0.1) is 24.0 Å². The molecule has 1 aromatic heterocycles. The fourth-order valence-electron chi connectivity index (χ4n) is 2.93. The Kier molecular flexibility index (Phi) is 6.72. The quantitative estimate of drug-likeness (QED) is 0.845. The van der Waals surface area contributed by atoms with Gasteiger partial charge in [-0.3, -0.25) is 4.79 Å². The number of likely N-dealkylation sites (N-methyl/N-ethyl adjacent to an activating group) is 1. The molecule has 1 aromatic carbocycles. The predicted molar refractivity (Wildman–Crippen MR) is 104 cm³/mol. The van der Waals surface area contributed by atoms with Crippen molar-refractivity contribution in [2.45, 2.75) is 12.3 Å². The lowest BCUT2D eigenvalue weighted by atomic mass is 10.1. The zero-order valence-corrected chi connectivity index (χ0v) is 15.4. The summed E-state index contributed by atoms with van der Waals surface area (Å²) in [6, 6.07) is 12.1. The van der Waals surface area contributed by atoms with Crippen LogP contribution in [0.1, 0.15) is 12.0 Å². The van der Waals surface area contributed by atoms with E-state index in [9.17, 15) is 4.79 Å². The smallest absolute Gasteiger partial charge is 0.252 e. The third kappa shape index (κ3) is 4.32. The number of hydrogen-bond acceptors (Lipinski definition) is 3. The fraction of sp³-hybridized carbons (Fsp3) is 0.389. The maximum atomic E-state index is 11.9. The lowest BCUT2D eigenvalue weighted by Gasteiger charge is -2.23. The van der Waals surface area contributed by atoms with Gasteiger partial charge in [-0.05, 0) is 43.8 Å². The number of benzene rings is 1. The summed E-state index contributed by atoms with van der Waals surface area (Å²) < 4.78 is 0. The summed E-state index contributed by atoms with van der Waals surface area (Å²) in [5.41, 5.74) is 3.56. The van der Waals surface area contributed by atoms with Gasteiger partial charge in [0.15, 0.2) is 0 Å². The number of anilines is 1. The highest BCUT2D eigenvalue weighted by molar-refractivity contribution is 6.17. The van der Waals surface area contributed by atoms with E-state index < -0.39 is 0 Å². The highest BCUT2D eigenvalue weighted by atomic mass is 35.5. The zero-order chi connectivity index (χ0) is 16.2. The van der Waals surface area contributed by atoms with E-state index in [-0.39, 0.29) is 23.8 Å². The average Bonchev–Trinajstić information content (AvgIpc) is 2.79. The van der Waals surface area contributed by atoms with Crippen LogP contribution in [0.25, 0.3) is 11.3 Å². The highest BCUT2D eigenvalue weighted by Crippen LogP contribution is 2.22. The molecule has 1 N–H and O–H groups in total. The molecule has 4 nitrogen and oxygen atoms in total. The van der Waals surface area contributed by atoms with Crippen molar-refractivity contribution in [1.82, 2.24) is 9.88 Å². The first-order chi connectivity index (χ1) is 11.2. The lowest BCUT2D eigenvalue weighted by Crippen LogP contribution is -2.28. The van der Waals surface area contributed by atoms with Crippen LogP contribution in [0.3, 0.4) is 0 Å². The third-order valence-electron chi connectivity index (χ3n) is 4.40. The number of pyridine rings is 1. The topological polar surface area (TPSA) is 39.3 Å². The molecule has 1 aliphatic heterocycles.